The maximum absolute atomic E-state index is 12.9. The summed E-state index contributed by atoms with van der Waals surface area (Å²) in [5.41, 5.74) is 2.87. The van der Waals surface area contributed by atoms with E-state index in [0.29, 0.717) is 6.61 Å². The van der Waals surface area contributed by atoms with Crippen molar-refractivity contribution < 1.29 is 14.3 Å². The Morgan fingerprint density at radius 3 is 2.90 bits per heavy atom. The molecule has 1 aliphatic heterocycles. The van der Waals surface area contributed by atoms with E-state index in [1.165, 1.54) is 29.4 Å². The zero-order valence-electron chi connectivity index (χ0n) is 16.9. The van der Waals surface area contributed by atoms with E-state index in [2.05, 4.69) is 16.7 Å². The lowest BCUT2D eigenvalue weighted by Gasteiger charge is -2.22. The minimum absolute atomic E-state index is 0.0739. The van der Waals surface area contributed by atoms with Gasteiger partial charge in [-0.15, -0.1) is 0 Å². The van der Waals surface area contributed by atoms with Crippen LogP contribution in [0.5, 0.6) is 0 Å². The molecule has 154 valence electrons. The number of nitrogens with one attached hydrogen (secondary N) is 2. The minimum Gasteiger partial charge on any atom is -0.462 e. The van der Waals surface area contributed by atoms with E-state index in [1.807, 2.05) is 19.1 Å². The van der Waals surface area contributed by atoms with E-state index in [-0.39, 0.29) is 17.7 Å². The first-order valence-electron chi connectivity index (χ1n) is 10.0. The predicted molar refractivity (Wildman–Crippen MR) is 112 cm³/mol. The standard InChI is InChI=1S/C22H27N3O4/c1-3-4-11-29-22(28)17-12-18(20(26)23-2)21(27)25(14-17)13-16-8-5-7-15-9-6-10-24-19(15)16/h5,7-8,12,14,24H,3-4,6,9-11,13H2,1-2H3,(H,23,26). The van der Waals surface area contributed by atoms with Gasteiger partial charge in [-0.25, -0.2) is 4.79 Å². The van der Waals surface area contributed by atoms with Gasteiger partial charge in [0.15, 0.2) is 0 Å². The highest BCUT2D eigenvalue weighted by Gasteiger charge is 2.19. The van der Waals surface area contributed by atoms with Crippen molar-refractivity contribution in [2.45, 2.75) is 39.2 Å². The molecule has 2 heterocycles. The Kier molecular flexibility index (Phi) is 6.69. The molecule has 1 amide bonds. The van der Waals surface area contributed by atoms with Gasteiger partial charge in [0.1, 0.15) is 5.56 Å². The van der Waals surface area contributed by atoms with Gasteiger partial charge in [-0.1, -0.05) is 31.5 Å². The Balaban J connectivity index is 1.99. The number of carbonyl (C=O) groups excluding carboxylic acids is 2. The molecule has 0 atom stereocenters. The molecular formula is C22H27N3O4. The quantitative estimate of drug-likeness (QED) is 0.554. The number of esters is 1. The second kappa shape index (κ2) is 9.41. The molecule has 3 rings (SSSR count). The number of rotatable bonds is 7. The molecule has 1 aromatic carbocycles. The van der Waals surface area contributed by atoms with Gasteiger partial charge in [0, 0.05) is 25.5 Å². The molecule has 2 aromatic rings. The van der Waals surface area contributed by atoms with Crippen LogP contribution in [0.4, 0.5) is 5.69 Å². The summed E-state index contributed by atoms with van der Waals surface area (Å²) in [4.78, 5) is 37.6. The molecule has 0 fully saturated rings. The largest absolute Gasteiger partial charge is 0.462 e. The number of aromatic nitrogens is 1. The van der Waals surface area contributed by atoms with Crippen LogP contribution in [-0.2, 0) is 17.7 Å². The zero-order valence-corrected chi connectivity index (χ0v) is 16.9. The van der Waals surface area contributed by atoms with Gasteiger partial charge in [-0.2, -0.15) is 0 Å². The molecule has 0 unspecified atom stereocenters. The molecule has 29 heavy (non-hydrogen) atoms. The molecule has 0 radical (unpaired) electrons. The number of para-hydroxylation sites is 1. The van der Waals surface area contributed by atoms with Crippen molar-refractivity contribution in [3.05, 3.63) is 63.1 Å². The average Bonchev–Trinajstić information content (AvgIpc) is 2.75. The Morgan fingerprint density at radius 1 is 1.31 bits per heavy atom. The number of pyridine rings is 1. The van der Waals surface area contributed by atoms with Gasteiger partial charge in [-0.3, -0.25) is 9.59 Å². The van der Waals surface area contributed by atoms with Gasteiger partial charge in [0.05, 0.1) is 18.7 Å². The lowest BCUT2D eigenvalue weighted by atomic mass is 9.99. The SMILES string of the molecule is CCCCOC(=O)c1cc(C(=O)NC)c(=O)n(Cc2cccc3c2NCCC3)c1. The van der Waals surface area contributed by atoms with Crippen molar-refractivity contribution in [1.82, 2.24) is 9.88 Å². The number of fused-ring (bicyclic) bond motifs is 1. The lowest BCUT2D eigenvalue weighted by molar-refractivity contribution is 0.0498. The summed E-state index contributed by atoms with van der Waals surface area (Å²) in [6.07, 6.45) is 5.19. The number of hydrogen-bond acceptors (Lipinski definition) is 5. The highest BCUT2D eigenvalue weighted by Crippen LogP contribution is 2.26. The average molecular weight is 397 g/mol. The van der Waals surface area contributed by atoms with Crippen LogP contribution in [0.15, 0.2) is 35.3 Å². The highest BCUT2D eigenvalue weighted by atomic mass is 16.5. The summed E-state index contributed by atoms with van der Waals surface area (Å²) in [5.74, 6) is -1.06. The third kappa shape index (κ3) is 4.67. The maximum Gasteiger partial charge on any atom is 0.339 e. The smallest absolute Gasteiger partial charge is 0.339 e. The van der Waals surface area contributed by atoms with Crippen LogP contribution in [0.2, 0.25) is 0 Å². The van der Waals surface area contributed by atoms with Gasteiger partial charge in [-0.05, 0) is 36.5 Å². The first-order valence-corrected chi connectivity index (χ1v) is 10.0. The van der Waals surface area contributed by atoms with Crippen LogP contribution in [0.3, 0.4) is 0 Å². The molecule has 0 saturated heterocycles. The molecule has 0 aliphatic carbocycles. The van der Waals surface area contributed by atoms with E-state index in [4.69, 9.17) is 4.74 Å². The van der Waals surface area contributed by atoms with Crippen LogP contribution < -0.4 is 16.2 Å². The van der Waals surface area contributed by atoms with Crippen LogP contribution in [0.1, 0.15) is 58.0 Å². The molecular weight excluding hydrogens is 370 g/mol. The number of benzene rings is 1. The minimum atomic E-state index is -0.537. The van der Waals surface area contributed by atoms with Crippen LogP contribution in [0.25, 0.3) is 0 Å². The summed E-state index contributed by atoms with van der Waals surface area (Å²) < 4.78 is 6.68. The summed E-state index contributed by atoms with van der Waals surface area (Å²) in [6, 6.07) is 7.31. The number of carbonyl (C=O) groups is 2. The number of nitrogens with zero attached hydrogens (tertiary/aromatic N) is 1. The molecule has 2 N–H and O–H groups in total. The predicted octanol–water partition coefficient (Wildman–Crippen LogP) is 2.57. The number of hydrogen-bond donors (Lipinski definition) is 2. The van der Waals surface area contributed by atoms with E-state index < -0.39 is 17.4 Å². The Bertz CT molecular complexity index is 965. The second-order valence-electron chi connectivity index (χ2n) is 7.13. The molecule has 7 nitrogen and oxygen atoms in total. The summed E-state index contributed by atoms with van der Waals surface area (Å²) in [6.45, 7) is 3.45. The van der Waals surface area contributed by atoms with E-state index in [9.17, 15) is 14.4 Å². The van der Waals surface area contributed by atoms with Crippen molar-refractivity contribution in [1.29, 1.82) is 0 Å². The first-order chi connectivity index (χ1) is 14.0. The molecule has 1 aromatic heterocycles. The molecule has 1 aliphatic rings. The van der Waals surface area contributed by atoms with Crippen molar-refractivity contribution in [2.24, 2.45) is 0 Å². The topological polar surface area (TPSA) is 89.4 Å². The van der Waals surface area contributed by atoms with Crippen LogP contribution in [0, 0.1) is 0 Å². The van der Waals surface area contributed by atoms with Crippen molar-refractivity contribution in [2.75, 3.05) is 25.5 Å². The van der Waals surface area contributed by atoms with E-state index in [1.54, 1.807) is 0 Å². The van der Waals surface area contributed by atoms with Gasteiger partial charge in [0.2, 0.25) is 0 Å². The fraction of sp³-hybridized carbons (Fsp3) is 0.409. The zero-order chi connectivity index (χ0) is 20.8. The first kappa shape index (κ1) is 20.6. The van der Waals surface area contributed by atoms with Gasteiger partial charge < -0.3 is 19.9 Å². The number of ether oxygens (including phenoxy) is 1. The number of amides is 1. The van der Waals surface area contributed by atoms with Gasteiger partial charge in [0.25, 0.3) is 11.5 Å². The van der Waals surface area contributed by atoms with E-state index >= 15 is 0 Å². The Morgan fingerprint density at radius 2 is 2.14 bits per heavy atom. The maximum atomic E-state index is 12.9. The van der Waals surface area contributed by atoms with Crippen LogP contribution >= 0.6 is 0 Å². The molecule has 0 spiro atoms. The summed E-state index contributed by atoms with van der Waals surface area (Å²) in [5, 5.41) is 5.87. The third-order valence-electron chi connectivity index (χ3n) is 5.03. The molecule has 7 heteroatoms. The second-order valence-corrected chi connectivity index (χ2v) is 7.13. The highest BCUT2D eigenvalue weighted by molar-refractivity contribution is 5.97. The monoisotopic (exact) mass is 397 g/mol. The fourth-order valence-corrected chi connectivity index (χ4v) is 3.45. The molecule has 0 saturated carbocycles. The van der Waals surface area contributed by atoms with Crippen molar-refractivity contribution in [3.8, 4) is 0 Å². The van der Waals surface area contributed by atoms with Crippen LogP contribution in [-0.4, -0.2) is 36.6 Å². The summed E-state index contributed by atoms with van der Waals surface area (Å²) in [7, 11) is 1.45. The summed E-state index contributed by atoms with van der Waals surface area (Å²) >= 11 is 0. The van der Waals surface area contributed by atoms with Crippen molar-refractivity contribution >= 4 is 17.6 Å². The van der Waals surface area contributed by atoms with Gasteiger partial charge >= 0.3 is 5.97 Å². The Labute approximate surface area is 170 Å². The number of anilines is 1. The fourth-order valence-electron chi connectivity index (χ4n) is 3.45. The number of unbranched alkanes of at least 4 members (excludes halogenated alkanes) is 1. The Hall–Kier alpha value is -3.09. The van der Waals surface area contributed by atoms with Crippen molar-refractivity contribution in [3.63, 3.8) is 0 Å². The normalized spacial score (nSPS) is 12.6. The van der Waals surface area contributed by atoms with E-state index in [0.717, 1.165) is 43.5 Å². The lowest BCUT2D eigenvalue weighted by Crippen LogP contribution is -2.32. The number of aryl methyl sites for hydroxylation is 1. The molecule has 0 bridgehead atoms. The third-order valence-corrected chi connectivity index (χ3v) is 5.03.